The van der Waals surface area contributed by atoms with Crippen molar-refractivity contribution in [2.24, 2.45) is 23.2 Å². The number of carbonyl (C=O) groups is 2. The molecule has 7 heteroatoms. The summed E-state index contributed by atoms with van der Waals surface area (Å²) < 4.78 is 11.0. The molecule has 1 amide bonds. The number of morpholine rings is 1. The first-order chi connectivity index (χ1) is 15.5. The van der Waals surface area contributed by atoms with Gasteiger partial charge in [-0.3, -0.25) is 14.5 Å². The zero-order valence-electron chi connectivity index (χ0n) is 18.6. The van der Waals surface area contributed by atoms with Crippen LogP contribution in [0, 0.1) is 34.5 Å². The van der Waals surface area contributed by atoms with Crippen LogP contribution in [0.1, 0.15) is 43.2 Å². The van der Waals surface area contributed by atoms with Gasteiger partial charge in [-0.05, 0) is 67.6 Å². The molecule has 170 valence electrons. The van der Waals surface area contributed by atoms with E-state index < -0.39 is 6.10 Å². The molecule has 4 aliphatic carbocycles. The molecule has 1 aromatic carbocycles. The zero-order chi connectivity index (χ0) is 22.3. The number of hydrogen-bond donors (Lipinski definition) is 1. The Morgan fingerprint density at radius 1 is 1.22 bits per heavy atom. The van der Waals surface area contributed by atoms with Gasteiger partial charge in [-0.15, -0.1) is 0 Å². The first-order valence-electron chi connectivity index (χ1n) is 11.7. The van der Waals surface area contributed by atoms with E-state index in [9.17, 15) is 9.59 Å². The highest BCUT2D eigenvalue weighted by molar-refractivity contribution is 5.82. The van der Waals surface area contributed by atoms with Crippen molar-refractivity contribution in [2.45, 2.75) is 50.8 Å². The number of nitriles is 1. The van der Waals surface area contributed by atoms with Gasteiger partial charge in [-0.25, -0.2) is 0 Å². The Bertz CT molecular complexity index is 908. The molecule has 0 spiro atoms. The third-order valence-electron chi connectivity index (χ3n) is 8.13. The van der Waals surface area contributed by atoms with E-state index in [-0.39, 0.29) is 23.3 Å². The molecule has 0 radical (unpaired) electrons. The van der Waals surface area contributed by atoms with E-state index in [0.717, 1.165) is 50.8 Å². The van der Waals surface area contributed by atoms with Crippen molar-refractivity contribution in [3.8, 4) is 6.07 Å². The van der Waals surface area contributed by atoms with Gasteiger partial charge in [0.25, 0.3) is 5.91 Å². The van der Waals surface area contributed by atoms with E-state index in [1.54, 1.807) is 0 Å². The van der Waals surface area contributed by atoms with Gasteiger partial charge in [-0.2, -0.15) is 5.26 Å². The highest BCUT2D eigenvalue weighted by atomic mass is 16.5. The first kappa shape index (κ1) is 21.4. The minimum Gasteiger partial charge on any atom is -0.469 e. The van der Waals surface area contributed by atoms with E-state index in [1.807, 2.05) is 24.3 Å². The molecule has 3 atom stereocenters. The molecule has 5 fully saturated rings. The van der Waals surface area contributed by atoms with Crippen molar-refractivity contribution >= 4 is 11.9 Å². The summed E-state index contributed by atoms with van der Waals surface area (Å²) in [5.41, 5.74) is 1.45. The summed E-state index contributed by atoms with van der Waals surface area (Å²) in [5.74, 6) is 1.19. The van der Waals surface area contributed by atoms with Crippen molar-refractivity contribution < 1.29 is 19.1 Å². The number of esters is 1. The SMILES string of the molecule is COC(=O)C12CC3CC(C1)C(NC(=O)C1CN(Cc4ccc(C#N)cc4)CCO1)C(C3)C2. The van der Waals surface area contributed by atoms with E-state index in [4.69, 9.17) is 14.7 Å². The van der Waals surface area contributed by atoms with Crippen LogP contribution in [0.3, 0.4) is 0 Å². The topological polar surface area (TPSA) is 91.7 Å². The second-order valence-electron chi connectivity index (χ2n) is 10.2. The Kier molecular flexibility index (Phi) is 5.68. The maximum absolute atomic E-state index is 13.2. The highest BCUT2D eigenvalue weighted by Gasteiger charge is 2.59. The normalized spacial score (nSPS) is 35.8. The molecule has 1 aromatic rings. The quantitative estimate of drug-likeness (QED) is 0.711. The number of rotatable bonds is 5. The first-order valence-corrected chi connectivity index (χ1v) is 11.7. The molecular formula is C25H31N3O4. The van der Waals surface area contributed by atoms with Crippen LogP contribution in [0.2, 0.25) is 0 Å². The fraction of sp³-hybridized carbons (Fsp3) is 0.640. The van der Waals surface area contributed by atoms with Crippen molar-refractivity contribution in [1.29, 1.82) is 5.26 Å². The second-order valence-corrected chi connectivity index (χ2v) is 10.2. The van der Waals surface area contributed by atoms with Crippen molar-refractivity contribution in [1.82, 2.24) is 10.2 Å². The Labute approximate surface area is 189 Å². The number of hydrogen-bond acceptors (Lipinski definition) is 6. The predicted molar refractivity (Wildman–Crippen MR) is 116 cm³/mol. The molecule has 1 aliphatic heterocycles. The van der Waals surface area contributed by atoms with Crippen LogP contribution in [0.5, 0.6) is 0 Å². The Hall–Kier alpha value is -2.43. The summed E-state index contributed by atoms with van der Waals surface area (Å²) in [4.78, 5) is 27.9. The summed E-state index contributed by atoms with van der Waals surface area (Å²) in [6.45, 7) is 2.60. The average molecular weight is 438 g/mol. The maximum Gasteiger partial charge on any atom is 0.311 e. The smallest absolute Gasteiger partial charge is 0.311 e. The van der Waals surface area contributed by atoms with Gasteiger partial charge in [0, 0.05) is 25.7 Å². The second kappa shape index (κ2) is 8.49. The van der Waals surface area contributed by atoms with E-state index in [2.05, 4.69) is 16.3 Å². The molecule has 1 saturated heterocycles. The molecule has 1 heterocycles. The van der Waals surface area contributed by atoms with Crippen molar-refractivity contribution in [3.63, 3.8) is 0 Å². The largest absolute Gasteiger partial charge is 0.469 e. The number of ether oxygens (including phenoxy) is 2. The van der Waals surface area contributed by atoms with Crippen LogP contribution in [0.15, 0.2) is 24.3 Å². The van der Waals surface area contributed by atoms with Gasteiger partial charge in [0.2, 0.25) is 0 Å². The number of methoxy groups -OCH3 is 1. The van der Waals surface area contributed by atoms with Crippen LogP contribution in [0.25, 0.3) is 0 Å². The molecule has 32 heavy (non-hydrogen) atoms. The lowest BCUT2D eigenvalue weighted by molar-refractivity contribution is -0.172. The van der Waals surface area contributed by atoms with Crippen LogP contribution in [-0.4, -0.2) is 55.7 Å². The third kappa shape index (κ3) is 3.91. The number of nitrogens with zero attached hydrogens (tertiary/aromatic N) is 2. The summed E-state index contributed by atoms with van der Waals surface area (Å²) in [6, 6.07) is 9.86. The standard InChI is InChI=1S/C25H31N3O4/c1-31-24(30)25-10-18-8-19(11-25)22(20(9-18)12-25)27-23(29)21-15-28(6-7-32-21)14-17-4-2-16(13-26)3-5-17/h2-5,18-22H,6-12,14-15H2,1H3,(H,27,29). The highest BCUT2D eigenvalue weighted by Crippen LogP contribution is 2.60. The van der Waals surface area contributed by atoms with Gasteiger partial charge in [0.15, 0.2) is 0 Å². The fourth-order valence-corrected chi connectivity index (χ4v) is 6.93. The van der Waals surface area contributed by atoms with Crippen LogP contribution in [-0.2, 0) is 25.6 Å². The fourth-order valence-electron chi connectivity index (χ4n) is 6.93. The van der Waals surface area contributed by atoms with Gasteiger partial charge in [0.1, 0.15) is 6.10 Å². The molecule has 6 rings (SSSR count). The predicted octanol–water partition coefficient (Wildman–Crippen LogP) is 2.24. The minimum absolute atomic E-state index is 0.0286. The summed E-state index contributed by atoms with van der Waals surface area (Å²) in [6.07, 6.45) is 4.31. The van der Waals surface area contributed by atoms with Gasteiger partial charge >= 0.3 is 5.97 Å². The summed E-state index contributed by atoms with van der Waals surface area (Å²) in [5, 5.41) is 12.3. The van der Waals surface area contributed by atoms with Crippen molar-refractivity contribution in [3.05, 3.63) is 35.4 Å². The number of benzene rings is 1. The molecule has 7 nitrogen and oxygen atoms in total. The Balaban J connectivity index is 1.20. The van der Waals surface area contributed by atoms with Gasteiger partial charge < -0.3 is 14.8 Å². The van der Waals surface area contributed by atoms with Crippen LogP contribution >= 0.6 is 0 Å². The molecule has 4 bridgehead atoms. The minimum atomic E-state index is -0.478. The monoisotopic (exact) mass is 437 g/mol. The lowest BCUT2D eigenvalue weighted by atomic mass is 9.48. The lowest BCUT2D eigenvalue weighted by Gasteiger charge is -2.58. The van der Waals surface area contributed by atoms with Crippen LogP contribution < -0.4 is 5.32 Å². The number of nitrogens with one attached hydrogen (secondary N) is 1. The van der Waals surface area contributed by atoms with E-state index >= 15 is 0 Å². The van der Waals surface area contributed by atoms with E-state index in [0.29, 0.717) is 36.5 Å². The Morgan fingerprint density at radius 2 is 1.94 bits per heavy atom. The molecule has 1 N–H and O–H groups in total. The summed E-state index contributed by atoms with van der Waals surface area (Å²) >= 11 is 0. The molecular weight excluding hydrogens is 406 g/mol. The Morgan fingerprint density at radius 3 is 2.59 bits per heavy atom. The zero-order valence-corrected chi connectivity index (χ0v) is 18.6. The summed E-state index contributed by atoms with van der Waals surface area (Å²) in [7, 11) is 1.49. The lowest BCUT2D eigenvalue weighted by Crippen LogP contribution is -2.63. The molecule has 5 aliphatic rings. The molecule has 4 saturated carbocycles. The average Bonchev–Trinajstić information content (AvgIpc) is 2.81. The number of amides is 1. The number of carbonyl (C=O) groups excluding carboxylic acids is 2. The van der Waals surface area contributed by atoms with Crippen LogP contribution in [0.4, 0.5) is 0 Å². The van der Waals surface area contributed by atoms with Gasteiger partial charge in [-0.1, -0.05) is 12.1 Å². The molecule has 3 unspecified atom stereocenters. The molecule has 0 aromatic heterocycles. The van der Waals surface area contributed by atoms with Crippen molar-refractivity contribution in [2.75, 3.05) is 26.8 Å². The maximum atomic E-state index is 13.2. The van der Waals surface area contributed by atoms with E-state index in [1.165, 1.54) is 7.11 Å². The third-order valence-corrected chi connectivity index (χ3v) is 8.13. The van der Waals surface area contributed by atoms with Gasteiger partial charge in [0.05, 0.1) is 30.8 Å².